The number of halogens is 3. The van der Waals surface area contributed by atoms with Crippen LogP contribution in [0.15, 0.2) is 16.8 Å². The average molecular weight is 339 g/mol. The van der Waals surface area contributed by atoms with Crippen LogP contribution in [0.5, 0.6) is 0 Å². The fourth-order valence-electron chi connectivity index (χ4n) is 3.55. The Balaban J connectivity index is 1.99. The van der Waals surface area contributed by atoms with Crippen LogP contribution in [0, 0.1) is 5.82 Å². The molecule has 0 spiro atoms. The van der Waals surface area contributed by atoms with Gasteiger partial charge in [0.1, 0.15) is 5.82 Å². The van der Waals surface area contributed by atoms with Crippen molar-refractivity contribution in [3.05, 3.63) is 40.5 Å². The molecule has 24 heavy (non-hydrogen) atoms. The minimum absolute atomic E-state index is 0.0194. The highest BCUT2D eigenvalue weighted by Gasteiger charge is 2.39. The molecule has 1 N–H and O–H groups in total. The minimum Gasteiger partial charge on any atom is -0.320 e. The van der Waals surface area contributed by atoms with Crippen molar-refractivity contribution in [1.29, 1.82) is 0 Å². The number of fused-ring (bicyclic) bond motifs is 1. The molecule has 0 saturated carbocycles. The lowest BCUT2D eigenvalue weighted by Gasteiger charge is -2.20. The van der Waals surface area contributed by atoms with Crippen molar-refractivity contribution < 1.29 is 22.6 Å². The Bertz CT molecular complexity index is 802. The summed E-state index contributed by atoms with van der Waals surface area (Å²) in [6, 6.07) is 2.70. The van der Waals surface area contributed by atoms with Crippen LogP contribution in [0.25, 0.3) is 0 Å². The third-order valence-electron chi connectivity index (χ3n) is 4.36. The lowest BCUT2D eigenvalue weighted by atomic mass is 9.85. The van der Waals surface area contributed by atoms with E-state index in [1.54, 1.807) is 0 Å². The van der Waals surface area contributed by atoms with Gasteiger partial charge in [0.2, 0.25) is 5.69 Å². The van der Waals surface area contributed by atoms with Gasteiger partial charge in [-0.3, -0.25) is 4.79 Å². The number of nitrogens with zero attached hydrogens (tertiary/aromatic N) is 2. The Morgan fingerprint density at radius 2 is 2.08 bits per heavy atom. The van der Waals surface area contributed by atoms with Crippen LogP contribution in [-0.2, 0) is 5.41 Å². The topological polar surface area (TPSA) is 68.0 Å². The summed E-state index contributed by atoms with van der Waals surface area (Å²) in [5.41, 5.74) is -0.155. The summed E-state index contributed by atoms with van der Waals surface area (Å²) in [7, 11) is 0. The second kappa shape index (κ2) is 5.61. The Kier molecular flexibility index (Phi) is 3.85. The van der Waals surface area contributed by atoms with E-state index in [0.717, 1.165) is 6.42 Å². The second-order valence-corrected chi connectivity index (χ2v) is 6.63. The van der Waals surface area contributed by atoms with E-state index in [4.69, 9.17) is 0 Å². The van der Waals surface area contributed by atoms with Gasteiger partial charge in [-0.15, -0.1) is 0 Å². The molecule has 0 saturated heterocycles. The van der Waals surface area contributed by atoms with Crippen LogP contribution in [0.1, 0.15) is 66.8 Å². The van der Waals surface area contributed by atoms with Crippen molar-refractivity contribution in [2.45, 2.75) is 45.0 Å². The Hall–Kier alpha value is -2.38. The van der Waals surface area contributed by atoms with E-state index in [1.165, 1.54) is 12.1 Å². The van der Waals surface area contributed by atoms with E-state index in [1.807, 2.05) is 20.8 Å². The molecule has 0 aliphatic heterocycles. The highest BCUT2D eigenvalue weighted by molar-refractivity contribution is 6.04. The molecular weight excluding hydrogens is 323 g/mol. The van der Waals surface area contributed by atoms with Gasteiger partial charge in [0, 0.05) is 5.69 Å². The van der Waals surface area contributed by atoms with E-state index in [-0.39, 0.29) is 17.2 Å². The quantitative estimate of drug-likeness (QED) is 0.911. The molecule has 3 rings (SSSR count). The highest BCUT2D eigenvalue weighted by atomic mass is 19.3. The van der Waals surface area contributed by atoms with Crippen LogP contribution >= 0.6 is 0 Å². The van der Waals surface area contributed by atoms with E-state index in [2.05, 4.69) is 20.3 Å². The molecule has 5 nitrogen and oxygen atoms in total. The number of aromatic nitrogens is 2. The molecule has 1 heterocycles. The lowest BCUT2D eigenvalue weighted by molar-refractivity contribution is 0.100. The molecule has 0 fully saturated rings. The van der Waals surface area contributed by atoms with E-state index in [0.29, 0.717) is 16.8 Å². The van der Waals surface area contributed by atoms with Crippen molar-refractivity contribution in [1.82, 2.24) is 10.3 Å². The normalized spacial score (nSPS) is 18.7. The number of anilines is 1. The van der Waals surface area contributed by atoms with Gasteiger partial charge in [-0.05, 0) is 51.3 Å². The van der Waals surface area contributed by atoms with Gasteiger partial charge >= 0.3 is 0 Å². The third-order valence-corrected chi connectivity index (χ3v) is 4.36. The Morgan fingerprint density at radius 1 is 1.38 bits per heavy atom. The molecule has 128 valence electrons. The summed E-state index contributed by atoms with van der Waals surface area (Å²) in [6.45, 7) is 5.80. The van der Waals surface area contributed by atoms with E-state index >= 15 is 0 Å². The van der Waals surface area contributed by atoms with Crippen molar-refractivity contribution in [2.75, 3.05) is 5.32 Å². The van der Waals surface area contributed by atoms with Crippen LogP contribution in [0.4, 0.5) is 18.9 Å². The van der Waals surface area contributed by atoms with Crippen LogP contribution in [-0.4, -0.2) is 16.2 Å². The van der Waals surface area contributed by atoms with Crippen molar-refractivity contribution >= 4 is 11.6 Å². The molecule has 1 unspecified atom stereocenters. The smallest absolute Gasteiger partial charge is 0.286 e. The van der Waals surface area contributed by atoms with Gasteiger partial charge in [0.05, 0.1) is 0 Å². The maximum atomic E-state index is 14.3. The number of rotatable bonds is 3. The maximum absolute atomic E-state index is 14.3. The fourth-order valence-corrected chi connectivity index (χ4v) is 3.55. The molecule has 2 aromatic rings. The van der Waals surface area contributed by atoms with Gasteiger partial charge in [-0.1, -0.05) is 20.8 Å². The summed E-state index contributed by atoms with van der Waals surface area (Å²) in [6.07, 6.45) is -2.26. The number of alkyl halides is 2. The summed E-state index contributed by atoms with van der Waals surface area (Å²) in [5, 5.41) is 8.82. The number of benzene rings is 1. The first-order chi connectivity index (χ1) is 11.2. The SMILES string of the molecule is CC1CC(C)(C)c2c(F)ccc(NC(=O)c3nonc3C(F)F)c21. The number of nitrogens with one attached hydrogen (secondary N) is 1. The first kappa shape index (κ1) is 16.5. The molecule has 1 aliphatic rings. The predicted octanol–water partition coefficient (Wildman–Crippen LogP) is 4.18. The molecule has 1 atom stereocenters. The molecule has 1 amide bonds. The van der Waals surface area contributed by atoms with E-state index in [9.17, 15) is 18.0 Å². The lowest BCUT2D eigenvalue weighted by Crippen LogP contribution is -2.17. The summed E-state index contributed by atoms with van der Waals surface area (Å²) in [4.78, 5) is 12.3. The molecule has 8 heteroatoms. The maximum Gasteiger partial charge on any atom is 0.286 e. The predicted molar refractivity (Wildman–Crippen MR) is 79.7 cm³/mol. The summed E-state index contributed by atoms with van der Waals surface area (Å²) in [5.74, 6) is -1.18. The zero-order valence-corrected chi connectivity index (χ0v) is 13.4. The minimum atomic E-state index is -2.98. The van der Waals surface area contributed by atoms with Gasteiger partial charge in [-0.2, -0.15) is 0 Å². The van der Waals surface area contributed by atoms with Gasteiger partial charge in [0.15, 0.2) is 5.69 Å². The van der Waals surface area contributed by atoms with Crippen LogP contribution in [0.2, 0.25) is 0 Å². The van der Waals surface area contributed by atoms with Gasteiger partial charge in [0.25, 0.3) is 12.3 Å². The zero-order chi connectivity index (χ0) is 17.6. The molecule has 1 aromatic carbocycles. The molecule has 0 radical (unpaired) electrons. The number of carbonyl (C=O) groups excluding carboxylic acids is 1. The molecule has 1 aliphatic carbocycles. The van der Waals surface area contributed by atoms with E-state index < -0.39 is 23.7 Å². The Labute approximate surface area is 136 Å². The third kappa shape index (κ3) is 2.55. The van der Waals surface area contributed by atoms with Crippen molar-refractivity contribution in [3.8, 4) is 0 Å². The standard InChI is InChI=1S/C16H16F3N3O2/c1-7-6-16(2,3)11-8(17)4-5-9(10(7)11)20-15(23)13-12(14(18)19)21-24-22-13/h4-5,7,14H,6H2,1-3H3,(H,20,23). The monoisotopic (exact) mass is 339 g/mol. The first-order valence-corrected chi connectivity index (χ1v) is 7.47. The number of amides is 1. The fraction of sp³-hybridized carbons (Fsp3) is 0.438. The number of carbonyl (C=O) groups is 1. The largest absolute Gasteiger partial charge is 0.320 e. The second-order valence-electron chi connectivity index (χ2n) is 6.63. The van der Waals surface area contributed by atoms with Crippen LogP contribution in [0.3, 0.4) is 0 Å². The van der Waals surface area contributed by atoms with Crippen LogP contribution < -0.4 is 5.32 Å². The van der Waals surface area contributed by atoms with Gasteiger partial charge in [-0.25, -0.2) is 17.8 Å². The van der Waals surface area contributed by atoms with Crippen molar-refractivity contribution in [2.24, 2.45) is 0 Å². The average Bonchev–Trinajstić information content (AvgIpc) is 3.05. The summed E-state index contributed by atoms with van der Waals surface area (Å²) < 4.78 is 44.1. The molecule has 0 bridgehead atoms. The highest BCUT2D eigenvalue weighted by Crippen LogP contribution is 2.49. The molecular formula is C16H16F3N3O2. The number of hydrogen-bond acceptors (Lipinski definition) is 4. The summed E-state index contributed by atoms with van der Waals surface area (Å²) >= 11 is 0. The van der Waals surface area contributed by atoms with Gasteiger partial charge < -0.3 is 5.32 Å². The first-order valence-electron chi connectivity index (χ1n) is 7.47. The molecule has 1 aromatic heterocycles. The zero-order valence-electron chi connectivity index (χ0n) is 13.4. The Morgan fingerprint density at radius 3 is 2.75 bits per heavy atom. The van der Waals surface area contributed by atoms with Crippen molar-refractivity contribution in [3.63, 3.8) is 0 Å². The number of hydrogen-bond donors (Lipinski definition) is 1.